The van der Waals surface area contributed by atoms with Crippen molar-refractivity contribution in [2.24, 2.45) is 15.9 Å². The number of rotatable bonds is 6. The van der Waals surface area contributed by atoms with E-state index >= 15 is 0 Å². The number of nitrogens with zero attached hydrogens (tertiary/aromatic N) is 3. The van der Waals surface area contributed by atoms with Crippen LogP contribution < -0.4 is 5.32 Å². The molecule has 0 saturated carbocycles. The first kappa shape index (κ1) is 22.2. The number of hydrogen-bond acceptors (Lipinski definition) is 5. The highest BCUT2D eigenvalue weighted by atomic mass is 32.2. The van der Waals surface area contributed by atoms with Gasteiger partial charge in [-0.05, 0) is 42.7 Å². The fourth-order valence-electron chi connectivity index (χ4n) is 3.59. The molecule has 3 atom stereocenters. The molecule has 2 amide bonds. The number of thioether (sulfide) groups is 1. The Kier molecular flexibility index (Phi) is 6.41. The molecular formula is C24H25FN4O2S. The first-order chi connectivity index (χ1) is 15.4. The molecule has 3 unspecified atom stereocenters. The fraction of sp³-hybridized carbons (Fsp3) is 0.333. The van der Waals surface area contributed by atoms with Gasteiger partial charge in [0.05, 0.1) is 10.9 Å². The second-order valence-corrected chi connectivity index (χ2v) is 9.28. The zero-order valence-corrected chi connectivity index (χ0v) is 19.0. The summed E-state index contributed by atoms with van der Waals surface area (Å²) >= 11 is 1.23. The predicted molar refractivity (Wildman–Crippen MR) is 125 cm³/mol. The number of carbonyl (C=O) groups excluding carboxylic acids is 2. The smallest absolute Gasteiger partial charge is 0.259 e. The second kappa shape index (κ2) is 9.24. The number of benzene rings is 2. The molecule has 2 heterocycles. The fourth-order valence-corrected chi connectivity index (χ4v) is 4.53. The van der Waals surface area contributed by atoms with Gasteiger partial charge in [0, 0.05) is 12.1 Å². The third-order valence-corrected chi connectivity index (χ3v) is 6.77. The Morgan fingerprint density at radius 1 is 1.19 bits per heavy atom. The van der Waals surface area contributed by atoms with E-state index in [0.29, 0.717) is 17.5 Å². The maximum absolute atomic E-state index is 13.2. The van der Waals surface area contributed by atoms with Crippen LogP contribution in [0.4, 0.5) is 10.1 Å². The lowest BCUT2D eigenvalue weighted by Gasteiger charge is -2.27. The molecule has 6 nitrogen and oxygen atoms in total. The highest BCUT2D eigenvalue weighted by Gasteiger charge is 2.43. The summed E-state index contributed by atoms with van der Waals surface area (Å²) < 4.78 is 13.1. The molecule has 2 aliphatic heterocycles. The minimum atomic E-state index is -0.490. The molecule has 2 aromatic rings. The quantitative estimate of drug-likeness (QED) is 0.711. The summed E-state index contributed by atoms with van der Waals surface area (Å²) in [5.41, 5.74) is 2.37. The number of aliphatic imine (C=N–C) groups is 2. The lowest BCUT2D eigenvalue weighted by Crippen LogP contribution is -2.43. The lowest BCUT2D eigenvalue weighted by atomic mass is 10.00. The zero-order chi connectivity index (χ0) is 22.8. The minimum absolute atomic E-state index is 0.103. The van der Waals surface area contributed by atoms with Crippen molar-refractivity contribution in [3.63, 3.8) is 0 Å². The summed E-state index contributed by atoms with van der Waals surface area (Å²) in [5, 5.41) is 2.83. The molecule has 8 heteroatoms. The van der Waals surface area contributed by atoms with E-state index in [1.54, 1.807) is 24.0 Å². The minimum Gasteiger partial charge on any atom is -0.351 e. The van der Waals surface area contributed by atoms with Gasteiger partial charge in [-0.25, -0.2) is 14.3 Å². The molecule has 0 aromatic heterocycles. The number of para-hydroxylation sites is 1. The van der Waals surface area contributed by atoms with Gasteiger partial charge in [-0.2, -0.15) is 0 Å². The van der Waals surface area contributed by atoms with Crippen molar-refractivity contribution in [2.45, 2.75) is 45.0 Å². The van der Waals surface area contributed by atoms with Gasteiger partial charge in [0.1, 0.15) is 17.7 Å². The van der Waals surface area contributed by atoms with Gasteiger partial charge >= 0.3 is 0 Å². The van der Waals surface area contributed by atoms with Crippen molar-refractivity contribution in [2.75, 3.05) is 0 Å². The molecule has 166 valence electrons. The summed E-state index contributed by atoms with van der Waals surface area (Å²) in [5.74, 6) is 0.101. The number of nitrogens with one attached hydrogen (secondary N) is 1. The number of amidine groups is 2. The summed E-state index contributed by atoms with van der Waals surface area (Å²) in [7, 11) is 0. The Morgan fingerprint density at radius 3 is 2.62 bits per heavy atom. The maximum Gasteiger partial charge on any atom is 0.259 e. The van der Waals surface area contributed by atoms with Gasteiger partial charge in [-0.15, -0.1) is 0 Å². The normalized spacial score (nSPS) is 18.9. The van der Waals surface area contributed by atoms with Crippen LogP contribution in [0, 0.1) is 11.7 Å². The third kappa shape index (κ3) is 4.32. The van der Waals surface area contributed by atoms with Gasteiger partial charge in [0.15, 0.2) is 5.17 Å². The van der Waals surface area contributed by atoms with Crippen LogP contribution in [-0.4, -0.2) is 39.0 Å². The largest absolute Gasteiger partial charge is 0.351 e. The molecule has 0 aliphatic carbocycles. The number of hydrogen-bond donors (Lipinski definition) is 1. The molecule has 0 saturated heterocycles. The molecule has 0 fully saturated rings. The lowest BCUT2D eigenvalue weighted by molar-refractivity contribution is -0.125. The molecule has 1 N–H and O–H groups in total. The van der Waals surface area contributed by atoms with Crippen molar-refractivity contribution in [1.29, 1.82) is 0 Å². The van der Waals surface area contributed by atoms with E-state index in [2.05, 4.69) is 5.32 Å². The average Bonchev–Trinajstić information content (AvgIpc) is 3.15. The van der Waals surface area contributed by atoms with Crippen molar-refractivity contribution in [3.8, 4) is 0 Å². The first-order valence-electron chi connectivity index (χ1n) is 10.7. The molecule has 2 aromatic carbocycles. The van der Waals surface area contributed by atoms with Crippen LogP contribution in [-0.2, 0) is 16.1 Å². The highest BCUT2D eigenvalue weighted by molar-refractivity contribution is 8.15. The van der Waals surface area contributed by atoms with Gasteiger partial charge in [0.25, 0.3) is 5.91 Å². The number of carbonyl (C=O) groups is 2. The van der Waals surface area contributed by atoms with Gasteiger partial charge < -0.3 is 5.32 Å². The Balaban J connectivity index is 1.53. The molecule has 32 heavy (non-hydrogen) atoms. The van der Waals surface area contributed by atoms with E-state index in [0.717, 1.165) is 23.2 Å². The van der Waals surface area contributed by atoms with Crippen LogP contribution in [0.3, 0.4) is 0 Å². The number of halogens is 1. The van der Waals surface area contributed by atoms with Crippen molar-refractivity contribution < 1.29 is 14.0 Å². The van der Waals surface area contributed by atoms with E-state index in [-0.39, 0.29) is 23.5 Å². The number of fused-ring (bicyclic) bond motifs is 3. The monoisotopic (exact) mass is 452 g/mol. The Labute approximate surface area is 191 Å². The molecule has 0 spiro atoms. The SMILES string of the molecule is CCC(C)C1N=C2c3ccccc3N=C(SC(C)C(=O)NCc3ccc(F)cc3)N2C1=O. The predicted octanol–water partition coefficient (Wildman–Crippen LogP) is 4.27. The average molecular weight is 453 g/mol. The van der Waals surface area contributed by atoms with Crippen LogP contribution in [0.15, 0.2) is 58.5 Å². The van der Waals surface area contributed by atoms with Crippen LogP contribution in [0.2, 0.25) is 0 Å². The third-order valence-electron chi connectivity index (χ3n) is 5.71. The van der Waals surface area contributed by atoms with E-state index in [1.165, 1.54) is 23.9 Å². The van der Waals surface area contributed by atoms with Crippen LogP contribution >= 0.6 is 11.8 Å². The van der Waals surface area contributed by atoms with Crippen molar-refractivity contribution in [1.82, 2.24) is 10.2 Å². The van der Waals surface area contributed by atoms with Gasteiger partial charge in [0.2, 0.25) is 5.91 Å². The second-order valence-electron chi connectivity index (χ2n) is 7.97. The van der Waals surface area contributed by atoms with Crippen molar-refractivity contribution >= 4 is 40.3 Å². The highest BCUT2D eigenvalue weighted by Crippen LogP contribution is 2.36. The van der Waals surface area contributed by atoms with E-state index in [1.807, 2.05) is 38.1 Å². The first-order valence-corrected chi connectivity index (χ1v) is 11.6. The van der Waals surface area contributed by atoms with E-state index in [4.69, 9.17) is 9.98 Å². The van der Waals surface area contributed by atoms with Crippen LogP contribution in [0.5, 0.6) is 0 Å². The zero-order valence-electron chi connectivity index (χ0n) is 18.2. The topological polar surface area (TPSA) is 74.1 Å². The summed E-state index contributed by atoms with van der Waals surface area (Å²) in [6.07, 6.45) is 0.838. The van der Waals surface area contributed by atoms with Crippen LogP contribution in [0.25, 0.3) is 0 Å². The maximum atomic E-state index is 13.2. The summed E-state index contributed by atoms with van der Waals surface area (Å²) in [4.78, 5) is 36.9. The van der Waals surface area contributed by atoms with Crippen LogP contribution in [0.1, 0.15) is 38.3 Å². The standard InChI is InChI=1S/C24H25FN4O2S/c1-4-14(2)20-23(31)29-21(28-20)18-7-5-6-8-19(18)27-24(29)32-15(3)22(30)26-13-16-9-11-17(25)12-10-16/h5-12,14-15,20H,4,13H2,1-3H3,(H,26,30). The van der Waals surface area contributed by atoms with Crippen molar-refractivity contribution in [3.05, 3.63) is 65.5 Å². The molecule has 0 bridgehead atoms. The molecule has 4 rings (SSSR count). The molecule has 0 radical (unpaired) electrons. The molecule has 2 aliphatic rings. The van der Waals surface area contributed by atoms with Gasteiger partial charge in [-0.3, -0.25) is 14.6 Å². The molecular weight excluding hydrogens is 427 g/mol. The summed E-state index contributed by atoms with van der Waals surface area (Å²) in [6.45, 7) is 6.13. The Hall–Kier alpha value is -3.00. The number of amides is 2. The van der Waals surface area contributed by atoms with Gasteiger partial charge in [-0.1, -0.05) is 56.3 Å². The van der Waals surface area contributed by atoms with E-state index < -0.39 is 11.3 Å². The van der Waals surface area contributed by atoms with E-state index in [9.17, 15) is 14.0 Å². The Morgan fingerprint density at radius 2 is 1.91 bits per heavy atom. The summed E-state index contributed by atoms with van der Waals surface area (Å²) in [6, 6.07) is 13.1. The Bertz CT molecular complexity index is 1100.